The van der Waals surface area contributed by atoms with Crippen LogP contribution in [-0.2, 0) is 0 Å². The summed E-state index contributed by atoms with van der Waals surface area (Å²) < 4.78 is 0. The third kappa shape index (κ3) is 5.90. The summed E-state index contributed by atoms with van der Waals surface area (Å²) in [6.45, 7) is 12.6. The Hall–Kier alpha value is -0.520. The normalized spacial score (nSPS) is 14.3. The van der Waals surface area contributed by atoms with Crippen LogP contribution >= 0.6 is 0 Å². The average Bonchev–Trinajstić information content (AvgIpc) is 1.86. The Morgan fingerprint density at radius 1 is 1.36 bits per heavy atom. The molecule has 64 valence electrons. The van der Waals surface area contributed by atoms with E-state index in [9.17, 15) is 0 Å². The van der Waals surface area contributed by atoms with Gasteiger partial charge >= 0.3 is 0 Å². The number of hydrogen-bond donors (Lipinski definition) is 0. The van der Waals surface area contributed by atoms with Crippen molar-refractivity contribution in [2.24, 2.45) is 11.8 Å². The van der Waals surface area contributed by atoms with E-state index in [1.807, 2.05) is 0 Å². The molecule has 1 unspecified atom stereocenters. The Labute approximate surface area is 71.0 Å². The first-order valence-electron chi connectivity index (χ1n) is 4.36. The van der Waals surface area contributed by atoms with Crippen LogP contribution in [0.5, 0.6) is 0 Å². The first-order chi connectivity index (χ1) is 5.04. The molecular weight excluding hydrogens is 132 g/mol. The fraction of sp³-hybridized carbons (Fsp3) is 0.636. The highest BCUT2D eigenvalue weighted by Gasteiger charge is 1.95. The molecule has 1 atom stereocenters. The maximum absolute atomic E-state index is 3.90. The third-order valence-corrected chi connectivity index (χ3v) is 1.81. The van der Waals surface area contributed by atoms with E-state index in [0.717, 1.165) is 5.92 Å². The Kier molecular flexibility index (Phi) is 4.93. The molecule has 0 saturated carbocycles. The Morgan fingerprint density at radius 3 is 2.27 bits per heavy atom. The summed E-state index contributed by atoms with van der Waals surface area (Å²) >= 11 is 0. The van der Waals surface area contributed by atoms with Gasteiger partial charge in [-0.15, -0.1) is 0 Å². The molecule has 0 spiro atoms. The zero-order chi connectivity index (χ0) is 8.85. The Morgan fingerprint density at radius 2 is 1.91 bits per heavy atom. The van der Waals surface area contributed by atoms with Gasteiger partial charge in [0.05, 0.1) is 0 Å². The van der Waals surface area contributed by atoms with Crippen LogP contribution in [0.2, 0.25) is 0 Å². The molecule has 0 radical (unpaired) electrons. The number of allylic oxidation sites excluding steroid dienone is 3. The Bertz CT molecular complexity index is 140. The van der Waals surface area contributed by atoms with Gasteiger partial charge in [0.25, 0.3) is 0 Å². The lowest BCUT2D eigenvalue weighted by molar-refractivity contribution is 0.660. The van der Waals surface area contributed by atoms with E-state index in [2.05, 4.69) is 46.4 Å². The van der Waals surface area contributed by atoms with Gasteiger partial charge in [0.2, 0.25) is 0 Å². The maximum Gasteiger partial charge on any atom is -0.00571 e. The highest BCUT2D eigenvalue weighted by Crippen LogP contribution is 2.10. The molecule has 0 heterocycles. The van der Waals surface area contributed by atoms with Gasteiger partial charge in [-0.2, -0.15) is 0 Å². The van der Waals surface area contributed by atoms with Crippen molar-refractivity contribution in [3.63, 3.8) is 0 Å². The predicted molar refractivity (Wildman–Crippen MR) is 52.6 cm³/mol. The lowest BCUT2D eigenvalue weighted by atomic mass is 10.0. The van der Waals surface area contributed by atoms with Crippen molar-refractivity contribution in [1.29, 1.82) is 0 Å². The van der Waals surface area contributed by atoms with Gasteiger partial charge in [-0.1, -0.05) is 45.1 Å². The number of rotatable bonds is 4. The van der Waals surface area contributed by atoms with E-state index in [1.54, 1.807) is 0 Å². The first kappa shape index (κ1) is 10.5. The highest BCUT2D eigenvalue weighted by atomic mass is 14.0. The minimum Gasteiger partial charge on any atom is -0.0996 e. The second kappa shape index (κ2) is 5.17. The molecule has 0 saturated heterocycles. The minimum absolute atomic E-state index is 0.536. The topological polar surface area (TPSA) is 0 Å². The van der Waals surface area contributed by atoms with Crippen molar-refractivity contribution < 1.29 is 0 Å². The fourth-order valence-corrected chi connectivity index (χ4v) is 0.719. The van der Waals surface area contributed by atoms with E-state index in [-0.39, 0.29) is 0 Å². The minimum atomic E-state index is 0.536. The summed E-state index contributed by atoms with van der Waals surface area (Å²) in [5.74, 6) is 1.30. The van der Waals surface area contributed by atoms with E-state index >= 15 is 0 Å². The summed E-state index contributed by atoms with van der Waals surface area (Å²) in [7, 11) is 0. The van der Waals surface area contributed by atoms with E-state index in [1.165, 1.54) is 12.0 Å². The molecule has 0 nitrogen and oxygen atoms in total. The monoisotopic (exact) mass is 152 g/mol. The maximum atomic E-state index is 3.90. The fourth-order valence-electron chi connectivity index (χ4n) is 0.719. The molecule has 11 heavy (non-hydrogen) atoms. The molecule has 0 heteroatoms. The largest absolute Gasteiger partial charge is 0.0996 e. The quantitative estimate of drug-likeness (QED) is 0.537. The van der Waals surface area contributed by atoms with Crippen LogP contribution in [0.15, 0.2) is 24.3 Å². The molecular formula is C11H20. The average molecular weight is 152 g/mol. The molecule has 0 fully saturated rings. The van der Waals surface area contributed by atoms with Crippen LogP contribution in [0.3, 0.4) is 0 Å². The van der Waals surface area contributed by atoms with Gasteiger partial charge in [-0.3, -0.25) is 0 Å². The SMILES string of the molecule is C=C(C)C(C)C=CCC(C)C. The van der Waals surface area contributed by atoms with Crippen LogP contribution < -0.4 is 0 Å². The van der Waals surface area contributed by atoms with Crippen molar-refractivity contribution in [1.82, 2.24) is 0 Å². The second-order valence-electron chi connectivity index (χ2n) is 3.69. The molecule has 0 aromatic heterocycles. The summed E-state index contributed by atoms with van der Waals surface area (Å²) in [4.78, 5) is 0. The summed E-state index contributed by atoms with van der Waals surface area (Å²) in [6.07, 6.45) is 5.67. The van der Waals surface area contributed by atoms with Gasteiger partial charge < -0.3 is 0 Å². The van der Waals surface area contributed by atoms with Crippen molar-refractivity contribution in [3.8, 4) is 0 Å². The van der Waals surface area contributed by atoms with E-state index in [0.29, 0.717) is 5.92 Å². The van der Waals surface area contributed by atoms with Gasteiger partial charge in [0.15, 0.2) is 0 Å². The van der Waals surface area contributed by atoms with Crippen LogP contribution in [0.4, 0.5) is 0 Å². The lowest BCUT2D eigenvalue weighted by Crippen LogP contribution is -1.89. The summed E-state index contributed by atoms with van der Waals surface area (Å²) in [5.41, 5.74) is 1.24. The lowest BCUT2D eigenvalue weighted by Gasteiger charge is -2.04. The molecule has 0 N–H and O–H groups in total. The van der Waals surface area contributed by atoms with Crippen molar-refractivity contribution in [2.75, 3.05) is 0 Å². The van der Waals surface area contributed by atoms with Crippen LogP contribution in [0.25, 0.3) is 0 Å². The van der Waals surface area contributed by atoms with Crippen molar-refractivity contribution in [3.05, 3.63) is 24.3 Å². The highest BCUT2D eigenvalue weighted by molar-refractivity contribution is 5.04. The van der Waals surface area contributed by atoms with Crippen LogP contribution in [-0.4, -0.2) is 0 Å². The first-order valence-corrected chi connectivity index (χ1v) is 4.36. The van der Waals surface area contributed by atoms with E-state index < -0.39 is 0 Å². The van der Waals surface area contributed by atoms with Crippen LogP contribution in [0.1, 0.15) is 34.1 Å². The number of hydrogen-bond acceptors (Lipinski definition) is 0. The zero-order valence-electron chi connectivity index (χ0n) is 8.22. The smallest absolute Gasteiger partial charge is 0.00571 e. The molecule has 0 aromatic carbocycles. The second-order valence-corrected chi connectivity index (χ2v) is 3.69. The van der Waals surface area contributed by atoms with Crippen LogP contribution in [0, 0.1) is 11.8 Å². The van der Waals surface area contributed by atoms with E-state index in [4.69, 9.17) is 0 Å². The molecule has 0 bridgehead atoms. The van der Waals surface area contributed by atoms with Crippen molar-refractivity contribution >= 4 is 0 Å². The molecule has 0 aromatic rings. The summed E-state index contributed by atoms with van der Waals surface area (Å²) in [5, 5.41) is 0. The summed E-state index contributed by atoms with van der Waals surface area (Å²) in [6, 6.07) is 0. The molecule has 0 aliphatic rings. The third-order valence-electron chi connectivity index (χ3n) is 1.81. The molecule has 0 aliphatic heterocycles. The molecule has 0 rings (SSSR count). The van der Waals surface area contributed by atoms with Gasteiger partial charge in [0.1, 0.15) is 0 Å². The zero-order valence-corrected chi connectivity index (χ0v) is 8.22. The van der Waals surface area contributed by atoms with Gasteiger partial charge in [-0.05, 0) is 25.2 Å². The molecule has 0 amide bonds. The van der Waals surface area contributed by atoms with Gasteiger partial charge in [-0.25, -0.2) is 0 Å². The molecule has 0 aliphatic carbocycles. The Balaban J connectivity index is 3.65. The van der Waals surface area contributed by atoms with Crippen molar-refractivity contribution in [2.45, 2.75) is 34.1 Å². The van der Waals surface area contributed by atoms with Gasteiger partial charge in [0, 0.05) is 0 Å². The standard InChI is InChI=1S/C11H20/c1-9(2)7-6-8-11(5)10(3)4/h6,8-9,11H,3,7H2,1-2,4-5H3. The predicted octanol–water partition coefficient (Wildman–Crippen LogP) is 3.80.